The van der Waals surface area contributed by atoms with Crippen LogP contribution in [0.4, 0.5) is 5.69 Å². The van der Waals surface area contributed by atoms with Crippen LogP contribution in [0.15, 0.2) is 18.2 Å². The highest BCUT2D eigenvalue weighted by molar-refractivity contribution is 6.03. The minimum absolute atomic E-state index is 0.0405. The molecule has 0 spiro atoms. The van der Waals surface area contributed by atoms with Crippen LogP contribution in [0.25, 0.3) is 0 Å². The quantitative estimate of drug-likeness (QED) is 0.0466. The highest BCUT2D eigenvalue weighted by Crippen LogP contribution is 2.21. The number of hydrogen-bond donors (Lipinski definition) is 3. The van der Waals surface area contributed by atoms with E-state index in [-0.39, 0.29) is 159 Å². The monoisotopic (exact) mass is 1100 g/mol. The lowest BCUT2D eigenvalue weighted by Gasteiger charge is -2.24. The number of nitrogens with zero attached hydrogens (tertiary/aromatic N) is 6. The topological polar surface area (TPSA) is 289 Å². The Morgan fingerprint density at radius 2 is 1.13 bits per heavy atom. The molecule has 0 aliphatic carbocycles. The molecule has 0 aromatic heterocycles. The van der Waals surface area contributed by atoms with E-state index in [4.69, 9.17) is 23.7 Å². The second-order valence-corrected chi connectivity index (χ2v) is 19.8. The van der Waals surface area contributed by atoms with Gasteiger partial charge in [0.1, 0.15) is 18.7 Å². The molecule has 0 bridgehead atoms. The second-order valence-electron chi connectivity index (χ2n) is 19.8. The van der Waals surface area contributed by atoms with Crippen molar-refractivity contribution in [1.82, 2.24) is 40.0 Å². The Hall–Kier alpha value is -6.57. The van der Waals surface area contributed by atoms with Crippen LogP contribution in [-0.4, -0.2) is 228 Å². The van der Waals surface area contributed by atoms with Gasteiger partial charge >= 0.3 is 5.97 Å². The predicted octanol–water partition coefficient (Wildman–Crippen LogP) is 0.558. The van der Waals surface area contributed by atoms with Crippen LogP contribution in [-0.2, 0) is 89.6 Å². The second kappa shape index (κ2) is 35.8. The first kappa shape index (κ1) is 67.5. The summed E-state index contributed by atoms with van der Waals surface area (Å²) in [6, 6.07) is 3.02. The molecule has 3 N–H and O–H groups in total. The molecule has 0 radical (unpaired) electrons. The third-order valence-electron chi connectivity index (χ3n) is 12.4. The highest BCUT2D eigenvalue weighted by atomic mass is 16.6. The Labute approximate surface area is 458 Å². The van der Waals surface area contributed by atoms with Gasteiger partial charge in [-0.25, -0.2) is 0 Å². The van der Waals surface area contributed by atoms with E-state index in [0.29, 0.717) is 42.6 Å². The van der Waals surface area contributed by atoms with Gasteiger partial charge in [0.05, 0.1) is 85.3 Å². The van der Waals surface area contributed by atoms with Crippen molar-refractivity contribution in [3.05, 3.63) is 29.3 Å². The molecule has 2 rings (SSSR count). The summed E-state index contributed by atoms with van der Waals surface area (Å²) in [5, 5.41) is 8.23. The first-order chi connectivity index (χ1) is 36.8. The molecule has 438 valence electrons. The van der Waals surface area contributed by atoms with E-state index < -0.39 is 41.7 Å². The number of carbonyl (C=O) groups excluding carboxylic acids is 11. The molecule has 1 aromatic carbocycles. The highest BCUT2D eigenvalue weighted by Gasteiger charge is 2.35. The van der Waals surface area contributed by atoms with Gasteiger partial charge in [-0.15, -0.1) is 0 Å². The van der Waals surface area contributed by atoms with E-state index in [1.165, 1.54) is 64.4 Å². The summed E-state index contributed by atoms with van der Waals surface area (Å²) in [6.07, 6.45) is 2.15. The van der Waals surface area contributed by atoms with Crippen molar-refractivity contribution in [1.29, 1.82) is 0 Å². The lowest BCUT2D eigenvalue weighted by Crippen LogP contribution is -2.53. The lowest BCUT2D eigenvalue weighted by atomic mass is 10.0. The molecular formula is C53H85N9O16. The summed E-state index contributed by atoms with van der Waals surface area (Å²) < 4.78 is 27.3. The number of likely N-dealkylation sites (N-methyl/N-ethyl adjacent to an activating group) is 4. The van der Waals surface area contributed by atoms with Gasteiger partial charge in [0.15, 0.2) is 0 Å². The van der Waals surface area contributed by atoms with Gasteiger partial charge in [0.25, 0.3) is 0 Å². The molecular weight excluding hydrogens is 1020 g/mol. The standard InChI is InChI=1S/C53H85N9O16/c1-36(2)50(56-43(64)15-13-12-14-20-62-46(67)29-37(3)53(62)73)52(72)54-38(4)51(71)55-42-17-16-40(35-78-39(5)63)41(30-42)31-58(8)44(65)18-21-74-23-25-76-27-28-77-26-24-75-22-19-45(66)59(9)33-48(69)61(11)34-49(70)60(10)32-47(68)57(6)7/h16-17,30,36-38,50H,12-15,18-29,31-35H2,1-11H3,(H,54,72)(H,55,71)(H,56,64)/t37?,38-,50-/m0/s1. The van der Waals surface area contributed by atoms with Gasteiger partial charge in [-0.2, -0.15) is 0 Å². The fraction of sp³-hybridized carbons (Fsp3) is 0.679. The Kier molecular flexibility index (Phi) is 31.0. The van der Waals surface area contributed by atoms with Crippen LogP contribution in [0.3, 0.4) is 0 Å². The van der Waals surface area contributed by atoms with Crippen molar-refractivity contribution in [3.8, 4) is 0 Å². The summed E-state index contributed by atoms with van der Waals surface area (Å²) in [5.41, 5.74) is 1.57. The van der Waals surface area contributed by atoms with Gasteiger partial charge in [-0.05, 0) is 48.9 Å². The van der Waals surface area contributed by atoms with E-state index in [1.807, 2.05) is 0 Å². The van der Waals surface area contributed by atoms with Crippen LogP contribution in [0, 0.1) is 11.8 Å². The summed E-state index contributed by atoms with van der Waals surface area (Å²) in [6.45, 7) is 9.64. The minimum Gasteiger partial charge on any atom is -0.461 e. The zero-order chi connectivity index (χ0) is 58.5. The average Bonchev–Trinajstić information content (AvgIpc) is 3.62. The fourth-order valence-corrected chi connectivity index (χ4v) is 7.45. The SMILES string of the molecule is CC(=O)OCc1ccc(NC(=O)[C@H](C)NC(=O)[C@@H](NC(=O)CCCCCN2C(=O)CC(C)C2=O)C(C)C)cc1CN(C)C(=O)CCOCCOCCOCCOCCC(=O)N(C)CC(=O)N(C)CC(=O)N(C)CC(=O)N(C)C. The van der Waals surface area contributed by atoms with Crippen LogP contribution < -0.4 is 16.0 Å². The number of carbonyl (C=O) groups is 11. The number of ether oxygens (including phenoxy) is 5. The average molecular weight is 1100 g/mol. The van der Waals surface area contributed by atoms with Crippen molar-refractivity contribution >= 4 is 70.7 Å². The maximum atomic E-state index is 13.3. The summed E-state index contributed by atoms with van der Waals surface area (Å²) in [5.74, 6) is -4.50. The third kappa shape index (κ3) is 25.7. The summed E-state index contributed by atoms with van der Waals surface area (Å²) in [4.78, 5) is 146. The van der Waals surface area contributed by atoms with Crippen molar-refractivity contribution in [2.75, 3.05) is 127 Å². The van der Waals surface area contributed by atoms with Crippen molar-refractivity contribution < 1.29 is 76.4 Å². The first-order valence-corrected chi connectivity index (χ1v) is 26.3. The number of unbranched alkanes of at least 4 members (excludes halogenated alkanes) is 2. The van der Waals surface area contributed by atoms with Crippen molar-refractivity contribution in [2.45, 2.75) is 105 Å². The molecule has 0 saturated carbocycles. The van der Waals surface area contributed by atoms with Crippen LogP contribution in [0.5, 0.6) is 0 Å². The van der Waals surface area contributed by atoms with Gasteiger partial charge < -0.3 is 64.1 Å². The van der Waals surface area contributed by atoms with Gasteiger partial charge in [-0.1, -0.05) is 33.3 Å². The largest absolute Gasteiger partial charge is 0.461 e. The van der Waals surface area contributed by atoms with E-state index in [1.54, 1.807) is 60.1 Å². The van der Waals surface area contributed by atoms with Crippen molar-refractivity contribution in [2.24, 2.45) is 11.8 Å². The van der Waals surface area contributed by atoms with E-state index in [0.717, 1.165) is 0 Å². The number of benzene rings is 1. The predicted molar refractivity (Wildman–Crippen MR) is 284 cm³/mol. The minimum atomic E-state index is -1.01. The molecule has 3 atom stereocenters. The maximum absolute atomic E-state index is 13.3. The molecule has 1 fully saturated rings. The van der Waals surface area contributed by atoms with E-state index in [9.17, 15) is 52.7 Å². The number of likely N-dealkylation sites (tertiary alicyclic amines) is 1. The zero-order valence-electron chi connectivity index (χ0n) is 47.6. The number of amides is 10. The molecule has 25 nitrogen and oxygen atoms in total. The molecule has 10 amide bonds. The molecule has 1 unspecified atom stereocenters. The first-order valence-electron chi connectivity index (χ1n) is 26.3. The van der Waals surface area contributed by atoms with Crippen LogP contribution in [0.1, 0.15) is 90.7 Å². The number of imide groups is 1. The maximum Gasteiger partial charge on any atom is 0.302 e. The van der Waals surface area contributed by atoms with E-state index >= 15 is 0 Å². The Bertz CT molecular complexity index is 2190. The smallest absolute Gasteiger partial charge is 0.302 e. The number of nitrogens with one attached hydrogen (secondary N) is 3. The van der Waals surface area contributed by atoms with Gasteiger partial charge in [-0.3, -0.25) is 57.6 Å². The molecule has 1 saturated heterocycles. The fourth-order valence-electron chi connectivity index (χ4n) is 7.45. The Balaban J connectivity index is 1.68. The Morgan fingerprint density at radius 3 is 1.63 bits per heavy atom. The summed E-state index contributed by atoms with van der Waals surface area (Å²) >= 11 is 0. The molecule has 1 aliphatic heterocycles. The zero-order valence-corrected chi connectivity index (χ0v) is 47.6. The van der Waals surface area contributed by atoms with Gasteiger partial charge in [0.2, 0.25) is 59.1 Å². The molecule has 1 aliphatic rings. The number of hydrogen-bond acceptors (Lipinski definition) is 16. The lowest BCUT2D eigenvalue weighted by molar-refractivity contribution is -0.143. The van der Waals surface area contributed by atoms with Crippen LogP contribution >= 0.6 is 0 Å². The number of anilines is 1. The molecule has 25 heteroatoms. The normalized spacial score (nSPS) is 13.8. The van der Waals surface area contributed by atoms with E-state index in [2.05, 4.69) is 16.0 Å². The Morgan fingerprint density at radius 1 is 0.615 bits per heavy atom. The molecule has 78 heavy (non-hydrogen) atoms. The number of esters is 1. The number of rotatable bonds is 37. The molecule has 1 heterocycles. The van der Waals surface area contributed by atoms with Crippen LogP contribution in [0.2, 0.25) is 0 Å². The van der Waals surface area contributed by atoms with Gasteiger partial charge in [0, 0.05) is 86.7 Å². The molecule has 1 aromatic rings. The third-order valence-corrected chi connectivity index (χ3v) is 12.4. The summed E-state index contributed by atoms with van der Waals surface area (Å²) in [7, 11) is 9.19. The van der Waals surface area contributed by atoms with Crippen molar-refractivity contribution in [3.63, 3.8) is 0 Å².